The number of thioether (sulfide) groups is 1. The first-order chi connectivity index (χ1) is 11.2. The molecule has 2 aromatic rings. The second kappa shape index (κ2) is 6.99. The number of aryl methyl sites for hydroxylation is 1. The van der Waals surface area contributed by atoms with Gasteiger partial charge in [-0.3, -0.25) is 9.32 Å². The van der Waals surface area contributed by atoms with Gasteiger partial charge in [0.25, 0.3) is 0 Å². The van der Waals surface area contributed by atoms with Crippen LogP contribution in [0, 0.1) is 0 Å². The highest BCUT2D eigenvalue weighted by Gasteiger charge is 2.31. The molecule has 24 heavy (non-hydrogen) atoms. The van der Waals surface area contributed by atoms with Gasteiger partial charge in [-0.25, -0.2) is 4.79 Å². The summed E-state index contributed by atoms with van der Waals surface area (Å²) in [6, 6.07) is 4.73. The number of anilines is 1. The standard InChI is InChI=1S/C13H12F3N3O4S/c1-7(24-11-12(21)23-18-19(11)2)10(20)17-8-3-5-9(6-4-8)22-13(14,15)16/h3-7H,1-2H3,(H-,17,18,20,21)/p+1. The zero-order valence-electron chi connectivity index (χ0n) is 12.5. The number of alkyl halides is 3. The third-order valence-corrected chi connectivity index (χ3v) is 4.00. The van der Waals surface area contributed by atoms with Gasteiger partial charge in [-0.05, 0) is 48.2 Å². The number of carbonyl (C=O) groups excluding carboxylic acids is 1. The van der Waals surface area contributed by atoms with Crippen molar-refractivity contribution in [3.8, 4) is 5.75 Å². The Bertz CT molecular complexity index is 770. The van der Waals surface area contributed by atoms with Crippen LogP contribution in [0.1, 0.15) is 6.92 Å². The molecule has 2 N–H and O–H groups in total. The molecule has 0 radical (unpaired) electrons. The van der Waals surface area contributed by atoms with Gasteiger partial charge < -0.3 is 10.1 Å². The minimum Gasteiger partial charge on any atom is -0.406 e. The second-order valence-electron chi connectivity index (χ2n) is 4.67. The first kappa shape index (κ1) is 17.9. The van der Waals surface area contributed by atoms with Gasteiger partial charge in [0.15, 0.2) is 7.05 Å². The van der Waals surface area contributed by atoms with Crippen LogP contribution in [0.5, 0.6) is 5.75 Å². The van der Waals surface area contributed by atoms with E-state index in [2.05, 4.69) is 19.8 Å². The van der Waals surface area contributed by atoms with Crippen molar-refractivity contribution in [2.24, 2.45) is 7.05 Å². The number of aromatic amines is 1. The molecule has 0 aliphatic carbocycles. The van der Waals surface area contributed by atoms with Crippen molar-refractivity contribution < 1.29 is 31.9 Å². The van der Waals surface area contributed by atoms with E-state index in [-0.39, 0.29) is 10.8 Å². The van der Waals surface area contributed by atoms with Crippen molar-refractivity contribution >= 4 is 23.4 Å². The highest BCUT2D eigenvalue weighted by Crippen LogP contribution is 2.24. The van der Waals surface area contributed by atoms with Crippen LogP contribution in [0.25, 0.3) is 0 Å². The van der Waals surface area contributed by atoms with Gasteiger partial charge in [-0.2, -0.15) is 0 Å². The van der Waals surface area contributed by atoms with Crippen LogP contribution >= 0.6 is 11.8 Å². The molecule has 1 heterocycles. The monoisotopic (exact) mass is 364 g/mol. The van der Waals surface area contributed by atoms with Gasteiger partial charge in [0.05, 0.1) is 5.25 Å². The Balaban J connectivity index is 1.97. The van der Waals surface area contributed by atoms with Crippen LogP contribution in [-0.4, -0.2) is 22.8 Å². The minimum atomic E-state index is -4.77. The van der Waals surface area contributed by atoms with Crippen LogP contribution < -0.4 is 20.4 Å². The van der Waals surface area contributed by atoms with E-state index in [9.17, 15) is 22.8 Å². The molecule has 0 spiro atoms. The lowest BCUT2D eigenvalue weighted by Crippen LogP contribution is -2.35. The minimum absolute atomic E-state index is 0.214. The Labute approximate surface area is 137 Å². The van der Waals surface area contributed by atoms with E-state index in [1.165, 1.54) is 16.8 Å². The van der Waals surface area contributed by atoms with Crippen LogP contribution in [0.2, 0.25) is 0 Å². The lowest BCUT2D eigenvalue weighted by Gasteiger charge is -2.11. The average molecular weight is 364 g/mol. The predicted molar refractivity (Wildman–Crippen MR) is 77.6 cm³/mol. The van der Waals surface area contributed by atoms with Gasteiger partial charge >= 0.3 is 17.0 Å². The molecule has 0 aliphatic rings. The number of amides is 1. The highest BCUT2D eigenvalue weighted by atomic mass is 32.2. The lowest BCUT2D eigenvalue weighted by atomic mass is 10.3. The van der Waals surface area contributed by atoms with Crippen molar-refractivity contribution in [1.29, 1.82) is 0 Å². The van der Waals surface area contributed by atoms with Crippen molar-refractivity contribution in [1.82, 2.24) is 5.27 Å². The molecule has 0 fully saturated rings. The van der Waals surface area contributed by atoms with Crippen LogP contribution in [0.3, 0.4) is 0 Å². The number of H-pyrrole nitrogens is 1. The fourth-order valence-electron chi connectivity index (χ4n) is 1.66. The Kier molecular flexibility index (Phi) is 5.22. The molecular weight excluding hydrogens is 351 g/mol. The maximum absolute atomic E-state index is 12.1. The topological polar surface area (TPSA) is 88.2 Å². The van der Waals surface area contributed by atoms with Gasteiger partial charge in [-0.15, -0.1) is 13.2 Å². The molecule has 2 rings (SSSR count). The third-order valence-electron chi connectivity index (χ3n) is 2.77. The lowest BCUT2D eigenvalue weighted by molar-refractivity contribution is -0.772. The molecule has 7 nitrogen and oxygen atoms in total. The summed E-state index contributed by atoms with van der Waals surface area (Å²) in [5, 5.41) is 4.44. The average Bonchev–Trinajstić information content (AvgIpc) is 2.79. The summed E-state index contributed by atoms with van der Waals surface area (Å²) in [4.78, 5) is 23.5. The zero-order valence-corrected chi connectivity index (χ0v) is 13.3. The molecule has 0 aliphatic heterocycles. The maximum atomic E-state index is 12.1. The number of rotatable bonds is 5. The molecule has 11 heteroatoms. The number of hydrogen-bond acceptors (Lipinski definition) is 5. The summed E-state index contributed by atoms with van der Waals surface area (Å²) in [7, 11) is 1.55. The summed E-state index contributed by atoms with van der Waals surface area (Å²) in [6.07, 6.45) is -4.77. The molecule has 1 amide bonds. The number of hydrogen-bond donors (Lipinski definition) is 2. The van der Waals surface area contributed by atoms with Gasteiger partial charge in [0.2, 0.25) is 5.91 Å². The van der Waals surface area contributed by atoms with Crippen LogP contribution in [0.15, 0.2) is 38.6 Å². The number of aromatic nitrogens is 2. The summed E-state index contributed by atoms with van der Waals surface area (Å²) in [5.74, 6) is -0.815. The predicted octanol–water partition coefficient (Wildman–Crippen LogP) is 1.81. The van der Waals surface area contributed by atoms with Gasteiger partial charge in [0, 0.05) is 5.69 Å². The van der Waals surface area contributed by atoms with Gasteiger partial charge in [-0.1, -0.05) is 4.68 Å². The molecule has 0 bridgehead atoms. The fourth-order valence-corrected chi connectivity index (χ4v) is 2.50. The van der Waals surface area contributed by atoms with E-state index in [4.69, 9.17) is 0 Å². The van der Waals surface area contributed by atoms with Crippen LogP contribution in [0.4, 0.5) is 18.9 Å². The number of nitrogens with one attached hydrogen (secondary N) is 2. The number of benzene rings is 1. The van der Waals surface area contributed by atoms with E-state index in [0.717, 1.165) is 23.9 Å². The Morgan fingerprint density at radius 3 is 2.50 bits per heavy atom. The first-order valence-electron chi connectivity index (χ1n) is 6.56. The van der Waals surface area contributed by atoms with Crippen molar-refractivity contribution in [3.05, 3.63) is 34.7 Å². The van der Waals surface area contributed by atoms with Crippen molar-refractivity contribution in [2.75, 3.05) is 5.32 Å². The van der Waals surface area contributed by atoms with E-state index >= 15 is 0 Å². The highest BCUT2D eigenvalue weighted by molar-refractivity contribution is 8.00. The quantitative estimate of drug-likeness (QED) is 0.624. The molecule has 0 saturated heterocycles. The molecule has 1 aromatic heterocycles. The molecule has 0 saturated carbocycles. The van der Waals surface area contributed by atoms with Crippen molar-refractivity contribution in [2.45, 2.75) is 23.6 Å². The number of carbonyl (C=O) groups is 1. The van der Waals surface area contributed by atoms with Gasteiger partial charge in [0.1, 0.15) is 5.75 Å². The molecule has 130 valence electrons. The Morgan fingerprint density at radius 1 is 1.38 bits per heavy atom. The third kappa shape index (κ3) is 4.78. The summed E-state index contributed by atoms with van der Waals surface area (Å²) in [6.45, 7) is 1.58. The van der Waals surface area contributed by atoms with E-state index in [0.29, 0.717) is 5.69 Å². The fraction of sp³-hybridized carbons (Fsp3) is 0.308. The summed E-state index contributed by atoms with van der Waals surface area (Å²) >= 11 is 0.982. The SMILES string of the molecule is CC(Sc1c(=O)o[nH][n+]1C)C(=O)Nc1ccc(OC(F)(F)F)cc1. The maximum Gasteiger partial charge on any atom is 0.573 e. The zero-order chi connectivity index (χ0) is 17.9. The normalized spacial score (nSPS) is 12.7. The number of ether oxygens (including phenoxy) is 1. The van der Waals surface area contributed by atoms with Crippen LogP contribution in [-0.2, 0) is 11.8 Å². The van der Waals surface area contributed by atoms with Crippen molar-refractivity contribution in [3.63, 3.8) is 0 Å². The second-order valence-corrected chi connectivity index (χ2v) is 6.00. The number of halogens is 3. The first-order valence-corrected chi connectivity index (χ1v) is 7.44. The molecular formula is C13H13F3N3O4S+. The Morgan fingerprint density at radius 2 is 2.00 bits per heavy atom. The largest absolute Gasteiger partial charge is 0.573 e. The number of nitrogens with zero attached hydrogens (tertiary/aromatic N) is 1. The van der Waals surface area contributed by atoms with E-state index in [1.54, 1.807) is 14.0 Å². The summed E-state index contributed by atoms with van der Waals surface area (Å²) < 4.78 is 45.9. The summed E-state index contributed by atoms with van der Waals surface area (Å²) in [5.41, 5.74) is -0.303. The molecule has 1 atom stereocenters. The Hall–Kier alpha value is -2.43. The molecule has 1 unspecified atom stereocenters. The van der Waals surface area contributed by atoms with E-state index in [1.807, 2.05) is 0 Å². The smallest absolute Gasteiger partial charge is 0.406 e. The molecule has 1 aromatic carbocycles. The van der Waals surface area contributed by atoms with E-state index < -0.39 is 23.1 Å².